The average Bonchev–Trinajstić information content (AvgIpc) is 1.98. The van der Waals surface area contributed by atoms with Crippen LogP contribution in [0.3, 0.4) is 0 Å². The zero-order chi connectivity index (χ0) is 8.85. The van der Waals surface area contributed by atoms with Crippen LogP contribution in [-0.2, 0) is 0 Å². The molecule has 68 valence electrons. The molecule has 0 aliphatic carbocycles. The van der Waals surface area contributed by atoms with Crippen LogP contribution in [0.25, 0.3) is 0 Å². The Kier molecular flexibility index (Phi) is 7.77. The van der Waals surface area contributed by atoms with Crippen LogP contribution >= 0.6 is 45.2 Å². The summed E-state index contributed by atoms with van der Waals surface area (Å²) in [5.41, 5.74) is 0. The summed E-state index contributed by atoms with van der Waals surface area (Å²) in [6.45, 7) is 4.30. The Morgan fingerprint density at radius 1 is 1.36 bits per heavy atom. The number of hydrogen-bond acceptors (Lipinski definition) is 1. The van der Waals surface area contributed by atoms with Crippen LogP contribution in [-0.4, -0.2) is 19.1 Å². The lowest BCUT2D eigenvalue weighted by molar-refractivity contribution is 0.164. The first-order valence-corrected chi connectivity index (χ1v) is 6.55. The summed E-state index contributed by atoms with van der Waals surface area (Å²) in [6.07, 6.45) is 3.17. The molecular weight excluding hydrogens is 366 g/mol. The molecule has 3 unspecified atom stereocenters. The van der Waals surface area contributed by atoms with E-state index in [0.29, 0.717) is 7.85 Å². The summed E-state index contributed by atoms with van der Waals surface area (Å²) in [5.74, 6) is 0. The van der Waals surface area contributed by atoms with Gasteiger partial charge in [0, 0.05) is 7.85 Å². The van der Waals surface area contributed by atoms with Crippen molar-refractivity contribution in [2.24, 2.45) is 0 Å². The van der Waals surface area contributed by atoms with E-state index in [2.05, 4.69) is 59.0 Å². The molecule has 1 N–H and O–H groups in total. The Morgan fingerprint density at radius 3 is 2.27 bits per heavy atom. The van der Waals surface area contributed by atoms with Gasteiger partial charge in [0.05, 0.1) is 6.10 Å². The maximum atomic E-state index is 9.61. The molecular formula is C8H16I2O. The van der Waals surface area contributed by atoms with Crippen LogP contribution in [0.4, 0.5) is 0 Å². The fraction of sp³-hybridized carbons (Fsp3) is 1.00. The summed E-state index contributed by atoms with van der Waals surface area (Å²) in [6, 6.07) is 0. The highest BCUT2D eigenvalue weighted by atomic mass is 127. The zero-order valence-electron chi connectivity index (χ0n) is 7.06. The fourth-order valence-corrected chi connectivity index (χ4v) is 1.72. The number of halogens is 2. The highest BCUT2D eigenvalue weighted by Crippen LogP contribution is 2.21. The summed E-state index contributed by atoms with van der Waals surface area (Å²) < 4.78 is 0.958. The van der Waals surface area contributed by atoms with Crippen molar-refractivity contribution >= 4 is 45.2 Å². The van der Waals surface area contributed by atoms with Gasteiger partial charge in [-0.2, -0.15) is 0 Å². The molecule has 0 fully saturated rings. The van der Waals surface area contributed by atoms with Gasteiger partial charge in [0.25, 0.3) is 0 Å². The van der Waals surface area contributed by atoms with Gasteiger partial charge in [0.15, 0.2) is 0 Å². The monoisotopic (exact) mass is 382 g/mol. The molecule has 0 spiro atoms. The molecule has 0 heterocycles. The molecule has 3 atom stereocenters. The molecule has 0 aliphatic heterocycles. The van der Waals surface area contributed by atoms with Crippen molar-refractivity contribution in [2.45, 2.75) is 47.1 Å². The highest BCUT2D eigenvalue weighted by molar-refractivity contribution is 14.1. The Morgan fingerprint density at radius 2 is 1.91 bits per heavy atom. The number of alkyl halides is 2. The summed E-state index contributed by atoms with van der Waals surface area (Å²) in [7, 11) is 0. The number of aliphatic hydroxyl groups is 1. The average molecular weight is 382 g/mol. The SMILES string of the molecule is CCCCC(O)C(I)C(C)I. The minimum atomic E-state index is -0.109. The zero-order valence-corrected chi connectivity index (χ0v) is 11.4. The van der Waals surface area contributed by atoms with Crippen molar-refractivity contribution in [3.63, 3.8) is 0 Å². The minimum absolute atomic E-state index is 0.109. The smallest absolute Gasteiger partial charge is 0.0667 e. The third-order valence-corrected chi connectivity index (χ3v) is 5.72. The van der Waals surface area contributed by atoms with E-state index in [4.69, 9.17) is 0 Å². The van der Waals surface area contributed by atoms with E-state index < -0.39 is 0 Å². The second-order valence-electron chi connectivity index (χ2n) is 2.83. The van der Waals surface area contributed by atoms with Crippen LogP contribution in [0, 0.1) is 0 Å². The topological polar surface area (TPSA) is 20.2 Å². The first-order chi connectivity index (χ1) is 5.09. The number of rotatable bonds is 5. The molecule has 0 bridgehead atoms. The Hall–Kier alpha value is 1.42. The quantitative estimate of drug-likeness (QED) is 0.573. The molecule has 0 amide bonds. The summed E-state index contributed by atoms with van der Waals surface area (Å²) >= 11 is 4.71. The van der Waals surface area contributed by atoms with Gasteiger partial charge >= 0.3 is 0 Å². The minimum Gasteiger partial charge on any atom is -0.392 e. The molecule has 0 aromatic rings. The van der Waals surface area contributed by atoms with Gasteiger partial charge in [-0.25, -0.2) is 0 Å². The van der Waals surface area contributed by atoms with Crippen LogP contribution in [0.1, 0.15) is 33.1 Å². The normalized spacial score (nSPS) is 19.4. The van der Waals surface area contributed by atoms with Crippen molar-refractivity contribution < 1.29 is 5.11 Å². The third-order valence-electron chi connectivity index (χ3n) is 1.66. The van der Waals surface area contributed by atoms with Crippen molar-refractivity contribution in [1.82, 2.24) is 0 Å². The van der Waals surface area contributed by atoms with E-state index >= 15 is 0 Å². The number of unbranched alkanes of at least 4 members (excludes halogenated alkanes) is 1. The molecule has 0 radical (unpaired) electrons. The molecule has 0 saturated heterocycles. The lowest BCUT2D eigenvalue weighted by Gasteiger charge is -2.18. The second kappa shape index (κ2) is 6.88. The molecule has 1 nitrogen and oxygen atoms in total. The summed E-state index contributed by atoms with van der Waals surface area (Å²) in [4.78, 5) is 0. The third kappa shape index (κ3) is 5.63. The molecule has 11 heavy (non-hydrogen) atoms. The van der Waals surface area contributed by atoms with Crippen molar-refractivity contribution in [3.8, 4) is 0 Å². The van der Waals surface area contributed by atoms with Gasteiger partial charge in [0.1, 0.15) is 0 Å². The van der Waals surface area contributed by atoms with Gasteiger partial charge in [-0.15, -0.1) is 0 Å². The van der Waals surface area contributed by atoms with Crippen molar-refractivity contribution in [3.05, 3.63) is 0 Å². The predicted molar refractivity (Wildman–Crippen MR) is 66.8 cm³/mol. The van der Waals surface area contributed by atoms with Crippen molar-refractivity contribution in [2.75, 3.05) is 0 Å². The first kappa shape index (κ1) is 12.4. The Labute approximate surface area is 96.6 Å². The Bertz CT molecular complexity index is 96.1. The van der Waals surface area contributed by atoms with Gasteiger partial charge < -0.3 is 5.11 Å². The molecule has 0 aromatic carbocycles. The lowest BCUT2D eigenvalue weighted by atomic mass is 10.1. The maximum absolute atomic E-state index is 9.61. The van der Waals surface area contributed by atoms with Gasteiger partial charge in [-0.05, 0) is 6.42 Å². The summed E-state index contributed by atoms with van der Waals surface area (Å²) in [5, 5.41) is 9.61. The molecule has 3 heteroatoms. The number of hydrogen-bond donors (Lipinski definition) is 1. The van der Waals surface area contributed by atoms with Crippen molar-refractivity contribution in [1.29, 1.82) is 0 Å². The van der Waals surface area contributed by atoms with E-state index in [1.54, 1.807) is 0 Å². The van der Waals surface area contributed by atoms with Crippen LogP contribution in [0.15, 0.2) is 0 Å². The predicted octanol–water partition coefficient (Wildman–Crippen LogP) is 3.16. The van der Waals surface area contributed by atoms with Crippen LogP contribution < -0.4 is 0 Å². The van der Waals surface area contributed by atoms with Gasteiger partial charge in [-0.1, -0.05) is 71.9 Å². The first-order valence-electron chi connectivity index (χ1n) is 4.05. The Balaban J connectivity index is 3.55. The van der Waals surface area contributed by atoms with E-state index in [1.165, 1.54) is 6.42 Å². The largest absolute Gasteiger partial charge is 0.392 e. The molecule has 0 rings (SSSR count). The van der Waals surface area contributed by atoms with E-state index in [1.807, 2.05) is 0 Å². The van der Waals surface area contributed by atoms with Crippen LogP contribution in [0.5, 0.6) is 0 Å². The molecule has 0 aliphatic rings. The van der Waals surface area contributed by atoms with Crippen LogP contribution in [0.2, 0.25) is 0 Å². The lowest BCUT2D eigenvalue weighted by Crippen LogP contribution is -2.26. The number of aliphatic hydroxyl groups excluding tert-OH is 1. The van der Waals surface area contributed by atoms with E-state index in [0.717, 1.165) is 12.8 Å². The van der Waals surface area contributed by atoms with E-state index in [-0.39, 0.29) is 6.10 Å². The highest BCUT2D eigenvalue weighted by Gasteiger charge is 2.19. The standard InChI is InChI=1S/C8H16I2O/c1-3-4-5-7(11)8(10)6(2)9/h6-8,11H,3-5H2,1-2H3. The molecule has 0 saturated carbocycles. The van der Waals surface area contributed by atoms with Gasteiger partial charge in [0.2, 0.25) is 0 Å². The molecule has 0 aromatic heterocycles. The maximum Gasteiger partial charge on any atom is 0.0667 e. The van der Waals surface area contributed by atoms with Gasteiger partial charge in [-0.3, -0.25) is 0 Å². The van der Waals surface area contributed by atoms with E-state index in [9.17, 15) is 5.11 Å². The second-order valence-corrected chi connectivity index (χ2v) is 6.23. The fourth-order valence-electron chi connectivity index (χ4n) is 0.879.